The number of hydrogen-bond acceptors (Lipinski definition) is 3. The minimum absolute atomic E-state index is 0.0647. The standard InChI is InChI=1S/C11H12ClN5O/c12-10-3-1-2-9(15-10)7-17-6-8(4-11(17)18)5-14-16-13/h1-3,8H,4-7H2. The van der Waals surface area contributed by atoms with Crippen molar-refractivity contribution in [2.75, 3.05) is 13.1 Å². The summed E-state index contributed by atoms with van der Waals surface area (Å²) in [5.41, 5.74) is 9.02. The van der Waals surface area contributed by atoms with Gasteiger partial charge in [-0.2, -0.15) is 0 Å². The quantitative estimate of drug-likeness (QED) is 0.362. The molecular weight excluding hydrogens is 254 g/mol. The lowest BCUT2D eigenvalue weighted by molar-refractivity contribution is -0.128. The van der Waals surface area contributed by atoms with Crippen LogP contribution in [0, 0.1) is 5.92 Å². The van der Waals surface area contributed by atoms with Crippen LogP contribution < -0.4 is 0 Å². The third-order valence-corrected chi connectivity index (χ3v) is 3.03. The molecule has 7 heteroatoms. The summed E-state index contributed by atoms with van der Waals surface area (Å²) >= 11 is 5.79. The average Bonchev–Trinajstić information content (AvgIpc) is 2.68. The van der Waals surface area contributed by atoms with Gasteiger partial charge < -0.3 is 4.90 Å². The maximum Gasteiger partial charge on any atom is 0.223 e. The number of azide groups is 1. The Hall–Kier alpha value is -1.78. The van der Waals surface area contributed by atoms with Crippen LogP contribution in [-0.2, 0) is 11.3 Å². The van der Waals surface area contributed by atoms with Crippen LogP contribution in [0.3, 0.4) is 0 Å². The first-order valence-electron chi connectivity index (χ1n) is 5.59. The van der Waals surface area contributed by atoms with Crippen molar-refractivity contribution in [1.29, 1.82) is 0 Å². The molecule has 0 bridgehead atoms. The zero-order valence-electron chi connectivity index (χ0n) is 9.66. The summed E-state index contributed by atoms with van der Waals surface area (Å²) in [6.45, 7) is 1.42. The van der Waals surface area contributed by atoms with Gasteiger partial charge in [-0.05, 0) is 23.6 Å². The van der Waals surface area contributed by atoms with Crippen LogP contribution in [0.2, 0.25) is 5.15 Å². The maximum absolute atomic E-state index is 11.8. The van der Waals surface area contributed by atoms with Crippen LogP contribution in [-0.4, -0.2) is 28.9 Å². The summed E-state index contributed by atoms with van der Waals surface area (Å²) in [6, 6.07) is 5.34. The van der Waals surface area contributed by atoms with E-state index in [-0.39, 0.29) is 11.8 Å². The highest BCUT2D eigenvalue weighted by atomic mass is 35.5. The first-order valence-corrected chi connectivity index (χ1v) is 5.97. The molecule has 1 aliphatic heterocycles. The number of hydrogen-bond donors (Lipinski definition) is 0. The predicted molar refractivity (Wildman–Crippen MR) is 66.8 cm³/mol. The van der Waals surface area contributed by atoms with Gasteiger partial charge in [-0.15, -0.1) is 0 Å². The zero-order valence-corrected chi connectivity index (χ0v) is 10.4. The summed E-state index contributed by atoms with van der Waals surface area (Å²) in [7, 11) is 0. The zero-order chi connectivity index (χ0) is 13.0. The second-order valence-electron chi connectivity index (χ2n) is 4.21. The minimum atomic E-state index is 0.0647. The number of amides is 1. The molecule has 94 valence electrons. The highest BCUT2D eigenvalue weighted by Gasteiger charge is 2.29. The van der Waals surface area contributed by atoms with E-state index in [1.54, 1.807) is 11.0 Å². The lowest BCUT2D eigenvalue weighted by Crippen LogP contribution is -2.25. The summed E-state index contributed by atoms with van der Waals surface area (Å²) in [5, 5.41) is 3.93. The molecule has 1 unspecified atom stereocenters. The highest BCUT2D eigenvalue weighted by Crippen LogP contribution is 2.20. The molecule has 1 fully saturated rings. The molecule has 18 heavy (non-hydrogen) atoms. The SMILES string of the molecule is [N-]=[N+]=NCC1CC(=O)N(Cc2cccc(Cl)n2)C1. The highest BCUT2D eigenvalue weighted by molar-refractivity contribution is 6.29. The van der Waals surface area contributed by atoms with E-state index in [2.05, 4.69) is 15.0 Å². The van der Waals surface area contributed by atoms with Gasteiger partial charge in [-0.3, -0.25) is 4.79 Å². The topological polar surface area (TPSA) is 82.0 Å². The van der Waals surface area contributed by atoms with E-state index in [9.17, 15) is 4.79 Å². The van der Waals surface area contributed by atoms with Crippen molar-refractivity contribution in [3.63, 3.8) is 0 Å². The lowest BCUT2D eigenvalue weighted by Gasteiger charge is -2.15. The molecule has 6 nitrogen and oxygen atoms in total. The molecule has 2 rings (SSSR count). The van der Waals surface area contributed by atoms with E-state index in [0.29, 0.717) is 31.2 Å². The van der Waals surface area contributed by atoms with Crippen LogP contribution in [0.15, 0.2) is 23.3 Å². The number of aromatic nitrogens is 1. The first kappa shape index (κ1) is 12.7. The molecule has 0 saturated carbocycles. The monoisotopic (exact) mass is 265 g/mol. The number of pyridine rings is 1. The lowest BCUT2D eigenvalue weighted by atomic mass is 10.1. The molecule has 1 amide bonds. The van der Waals surface area contributed by atoms with E-state index in [4.69, 9.17) is 17.1 Å². The van der Waals surface area contributed by atoms with Gasteiger partial charge in [0.1, 0.15) is 5.15 Å². The molecule has 0 N–H and O–H groups in total. The minimum Gasteiger partial charge on any atom is -0.336 e. The molecule has 0 aliphatic carbocycles. The molecule has 2 heterocycles. The second-order valence-corrected chi connectivity index (χ2v) is 4.60. The molecule has 0 radical (unpaired) electrons. The summed E-state index contributed by atoms with van der Waals surface area (Å²) in [4.78, 5) is 20.3. The number of carbonyl (C=O) groups excluding carboxylic acids is 1. The third-order valence-electron chi connectivity index (χ3n) is 2.82. The van der Waals surface area contributed by atoms with Crippen LogP contribution in [0.4, 0.5) is 0 Å². The van der Waals surface area contributed by atoms with E-state index in [1.807, 2.05) is 12.1 Å². The van der Waals surface area contributed by atoms with Gasteiger partial charge >= 0.3 is 0 Å². The molecule has 1 aromatic heterocycles. The fourth-order valence-electron chi connectivity index (χ4n) is 2.02. The number of carbonyl (C=O) groups is 1. The number of nitrogens with zero attached hydrogens (tertiary/aromatic N) is 5. The smallest absolute Gasteiger partial charge is 0.223 e. The fraction of sp³-hybridized carbons (Fsp3) is 0.455. The van der Waals surface area contributed by atoms with Gasteiger partial charge in [0.15, 0.2) is 0 Å². The Morgan fingerprint density at radius 3 is 3.17 bits per heavy atom. The number of likely N-dealkylation sites (tertiary alicyclic amines) is 1. The van der Waals surface area contributed by atoms with E-state index in [0.717, 1.165) is 5.69 Å². The third kappa shape index (κ3) is 3.12. The van der Waals surface area contributed by atoms with Crippen LogP contribution in [0.25, 0.3) is 10.4 Å². The Balaban J connectivity index is 1.98. The van der Waals surface area contributed by atoms with E-state index in [1.165, 1.54) is 0 Å². The van der Waals surface area contributed by atoms with E-state index >= 15 is 0 Å². The molecule has 1 aliphatic rings. The Morgan fingerprint density at radius 2 is 2.44 bits per heavy atom. The maximum atomic E-state index is 11.8. The Bertz CT molecular complexity index is 500. The van der Waals surface area contributed by atoms with Crippen molar-refractivity contribution >= 4 is 17.5 Å². The fourth-order valence-corrected chi connectivity index (χ4v) is 2.20. The van der Waals surface area contributed by atoms with Crippen molar-refractivity contribution in [3.8, 4) is 0 Å². The van der Waals surface area contributed by atoms with Crippen molar-refractivity contribution in [3.05, 3.63) is 39.5 Å². The van der Waals surface area contributed by atoms with Gasteiger partial charge in [-0.25, -0.2) is 4.98 Å². The van der Waals surface area contributed by atoms with Crippen molar-refractivity contribution in [1.82, 2.24) is 9.88 Å². The van der Waals surface area contributed by atoms with Crippen LogP contribution >= 0.6 is 11.6 Å². The van der Waals surface area contributed by atoms with Crippen molar-refractivity contribution < 1.29 is 4.79 Å². The van der Waals surface area contributed by atoms with Crippen LogP contribution in [0.1, 0.15) is 12.1 Å². The molecule has 1 atom stereocenters. The molecular formula is C11H12ClN5O. The summed E-state index contributed by atoms with van der Waals surface area (Å²) < 4.78 is 0. The predicted octanol–water partition coefficient (Wildman–Crippen LogP) is 2.39. The first-order chi connectivity index (χ1) is 8.69. The van der Waals surface area contributed by atoms with Gasteiger partial charge in [0.25, 0.3) is 0 Å². The van der Waals surface area contributed by atoms with E-state index < -0.39 is 0 Å². The van der Waals surface area contributed by atoms with Gasteiger partial charge in [0.2, 0.25) is 5.91 Å². The Kier molecular flexibility index (Phi) is 4.02. The second kappa shape index (κ2) is 5.71. The van der Waals surface area contributed by atoms with Gasteiger partial charge in [0.05, 0.1) is 12.2 Å². The van der Waals surface area contributed by atoms with Crippen molar-refractivity contribution in [2.24, 2.45) is 11.0 Å². The number of rotatable bonds is 4. The normalized spacial score (nSPS) is 18.8. The largest absolute Gasteiger partial charge is 0.336 e. The molecule has 1 saturated heterocycles. The molecule has 0 spiro atoms. The Morgan fingerprint density at radius 1 is 1.61 bits per heavy atom. The van der Waals surface area contributed by atoms with Crippen molar-refractivity contribution in [2.45, 2.75) is 13.0 Å². The average molecular weight is 266 g/mol. The summed E-state index contributed by atoms with van der Waals surface area (Å²) in [5.74, 6) is 0.169. The van der Waals surface area contributed by atoms with Gasteiger partial charge in [0, 0.05) is 24.4 Å². The Labute approximate surface area is 109 Å². The molecule has 0 aromatic carbocycles. The summed E-state index contributed by atoms with van der Waals surface area (Å²) in [6.07, 6.45) is 0.430. The van der Waals surface area contributed by atoms with Crippen LogP contribution in [0.5, 0.6) is 0 Å². The molecule has 1 aromatic rings. The van der Waals surface area contributed by atoms with Gasteiger partial charge in [-0.1, -0.05) is 22.8 Å². The number of halogens is 1.